The second kappa shape index (κ2) is 6.14. The fourth-order valence-electron chi connectivity index (χ4n) is 2.85. The summed E-state index contributed by atoms with van der Waals surface area (Å²) >= 11 is 0. The van der Waals surface area contributed by atoms with E-state index in [9.17, 15) is 9.90 Å². The minimum atomic E-state index is -0.421. The molecule has 2 N–H and O–H groups in total. The molecule has 1 heterocycles. The van der Waals surface area contributed by atoms with Gasteiger partial charge in [-0.25, -0.2) is 0 Å². The molecule has 2 atom stereocenters. The zero-order valence-electron chi connectivity index (χ0n) is 11.9. The Labute approximate surface area is 124 Å². The van der Waals surface area contributed by atoms with Gasteiger partial charge in [0, 0.05) is 23.6 Å². The first-order chi connectivity index (χ1) is 10.2. The first-order valence-electron chi connectivity index (χ1n) is 7.46. The van der Waals surface area contributed by atoms with Crippen molar-refractivity contribution in [3.8, 4) is 5.69 Å². The maximum Gasteiger partial charge on any atom is 0.251 e. The lowest BCUT2D eigenvalue weighted by molar-refractivity contribution is 0.0717. The summed E-state index contributed by atoms with van der Waals surface area (Å²) in [5.41, 5.74) is 1.58. The van der Waals surface area contributed by atoms with Gasteiger partial charge in [0.1, 0.15) is 0 Å². The van der Waals surface area contributed by atoms with Gasteiger partial charge in [0.25, 0.3) is 5.91 Å². The Balaban J connectivity index is 1.74. The summed E-state index contributed by atoms with van der Waals surface area (Å²) in [5, 5.41) is 12.9. The van der Waals surface area contributed by atoms with Crippen LogP contribution in [-0.2, 0) is 0 Å². The van der Waals surface area contributed by atoms with E-state index in [0.29, 0.717) is 5.56 Å². The summed E-state index contributed by atoms with van der Waals surface area (Å²) < 4.78 is 1.96. The lowest BCUT2D eigenvalue weighted by atomic mass is 9.92. The molecule has 4 nitrogen and oxygen atoms in total. The molecule has 0 spiro atoms. The fourth-order valence-corrected chi connectivity index (χ4v) is 2.85. The van der Waals surface area contributed by atoms with Crippen LogP contribution in [0.3, 0.4) is 0 Å². The van der Waals surface area contributed by atoms with Crippen molar-refractivity contribution in [2.24, 2.45) is 0 Å². The number of nitrogens with one attached hydrogen (secondary N) is 1. The Bertz CT molecular complexity index is 607. The van der Waals surface area contributed by atoms with Gasteiger partial charge in [-0.2, -0.15) is 0 Å². The minimum absolute atomic E-state index is 0.116. The summed E-state index contributed by atoms with van der Waals surface area (Å²) in [5.74, 6) is -0.116. The molecule has 21 heavy (non-hydrogen) atoms. The van der Waals surface area contributed by atoms with Crippen molar-refractivity contribution >= 4 is 5.91 Å². The Morgan fingerprint density at radius 1 is 1.14 bits per heavy atom. The average Bonchev–Trinajstić information content (AvgIpc) is 3.04. The van der Waals surface area contributed by atoms with Crippen LogP contribution < -0.4 is 5.32 Å². The second-order valence-electron chi connectivity index (χ2n) is 5.57. The van der Waals surface area contributed by atoms with Crippen LogP contribution in [0.1, 0.15) is 36.0 Å². The van der Waals surface area contributed by atoms with Crippen molar-refractivity contribution in [1.82, 2.24) is 9.88 Å². The van der Waals surface area contributed by atoms with E-state index >= 15 is 0 Å². The van der Waals surface area contributed by atoms with Crippen molar-refractivity contribution in [2.75, 3.05) is 0 Å². The predicted octanol–water partition coefficient (Wildman–Crippen LogP) is 2.51. The molecule has 2 unspecified atom stereocenters. The highest BCUT2D eigenvalue weighted by molar-refractivity contribution is 5.95. The first kappa shape index (κ1) is 13.9. The number of rotatable bonds is 3. The SMILES string of the molecule is O=C(NC1CCCCC1O)c1cccc(-n2cccc2)c1. The van der Waals surface area contributed by atoms with Gasteiger partial charge in [-0.15, -0.1) is 0 Å². The zero-order chi connectivity index (χ0) is 14.7. The van der Waals surface area contributed by atoms with Crippen LogP contribution in [0.5, 0.6) is 0 Å². The van der Waals surface area contributed by atoms with Gasteiger partial charge in [0.05, 0.1) is 12.1 Å². The number of nitrogens with zero attached hydrogens (tertiary/aromatic N) is 1. The molecule has 0 radical (unpaired) electrons. The fraction of sp³-hybridized carbons (Fsp3) is 0.353. The Morgan fingerprint density at radius 3 is 2.67 bits per heavy atom. The van der Waals surface area contributed by atoms with Gasteiger partial charge in [-0.1, -0.05) is 18.9 Å². The Hall–Kier alpha value is -2.07. The van der Waals surface area contributed by atoms with E-state index < -0.39 is 6.10 Å². The first-order valence-corrected chi connectivity index (χ1v) is 7.46. The van der Waals surface area contributed by atoms with Gasteiger partial charge >= 0.3 is 0 Å². The normalized spacial score (nSPS) is 22.0. The van der Waals surface area contributed by atoms with E-state index in [4.69, 9.17) is 0 Å². The Morgan fingerprint density at radius 2 is 1.90 bits per heavy atom. The quantitative estimate of drug-likeness (QED) is 0.910. The van der Waals surface area contributed by atoms with Crippen LogP contribution in [0.4, 0.5) is 0 Å². The predicted molar refractivity (Wildman–Crippen MR) is 81.5 cm³/mol. The monoisotopic (exact) mass is 284 g/mol. The van der Waals surface area contributed by atoms with Crippen molar-refractivity contribution in [3.63, 3.8) is 0 Å². The molecule has 0 aliphatic heterocycles. The molecular formula is C17H20N2O2. The highest BCUT2D eigenvalue weighted by Gasteiger charge is 2.24. The zero-order valence-corrected chi connectivity index (χ0v) is 11.9. The lowest BCUT2D eigenvalue weighted by Gasteiger charge is -2.28. The summed E-state index contributed by atoms with van der Waals surface area (Å²) in [6, 6.07) is 11.3. The standard InChI is InChI=1S/C17H20N2O2/c20-16-9-2-1-8-15(16)18-17(21)13-6-5-7-14(12-13)19-10-3-4-11-19/h3-7,10-12,15-16,20H,1-2,8-9H2,(H,18,21). The molecule has 0 saturated heterocycles. The average molecular weight is 284 g/mol. The van der Waals surface area contributed by atoms with Crippen LogP contribution in [0.2, 0.25) is 0 Å². The topological polar surface area (TPSA) is 54.3 Å². The molecule has 1 aliphatic carbocycles. The maximum absolute atomic E-state index is 12.3. The van der Waals surface area contributed by atoms with Crippen molar-refractivity contribution in [1.29, 1.82) is 0 Å². The van der Waals surface area contributed by atoms with Gasteiger partial charge < -0.3 is 15.0 Å². The van der Waals surface area contributed by atoms with E-state index in [1.54, 1.807) is 6.07 Å². The Kier molecular flexibility index (Phi) is 4.06. The number of hydrogen-bond donors (Lipinski definition) is 2. The molecule has 3 rings (SSSR count). The number of amides is 1. The molecule has 1 aliphatic rings. The molecule has 1 aromatic heterocycles. The molecule has 110 valence electrons. The van der Waals surface area contributed by atoms with Crippen molar-refractivity contribution in [2.45, 2.75) is 37.8 Å². The molecule has 4 heteroatoms. The number of aliphatic hydroxyl groups is 1. The van der Waals surface area contributed by atoms with E-state index in [1.807, 2.05) is 47.3 Å². The number of carbonyl (C=O) groups is 1. The van der Waals surface area contributed by atoms with Crippen LogP contribution in [0.15, 0.2) is 48.8 Å². The largest absolute Gasteiger partial charge is 0.391 e. The second-order valence-corrected chi connectivity index (χ2v) is 5.57. The van der Waals surface area contributed by atoms with E-state index in [0.717, 1.165) is 31.4 Å². The third kappa shape index (κ3) is 3.16. The highest BCUT2D eigenvalue weighted by atomic mass is 16.3. The van der Waals surface area contributed by atoms with Crippen molar-refractivity contribution < 1.29 is 9.90 Å². The van der Waals surface area contributed by atoms with E-state index in [-0.39, 0.29) is 11.9 Å². The number of aromatic nitrogens is 1. The molecule has 1 saturated carbocycles. The molecule has 1 aromatic carbocycles. The van der Waals surface area contributed by atoms with Crippen LogP contribution in [0, 0.1) is 0 Å². The smallest absolute Gasteiger partial charge is 0.251 e. The van der Waals surface area contributed by atoms with Crippen LogP contribution in [0.25, 0.3) is 5.69 Å². The summed E-state index contributed by atoms with van der Waals surface area (Å²) in [6.07, 6.45) is 7.19. The highest BCUT2D eigenvalue weighted by Crippen LogP contribution is 2.19. The summed E-state index contributed by atoms with van der Waals surface area (Å²) in [7, 11) is 0. The minimum Gasteiger partial charge on any atom is -0.391 e. The van der Waals surface area contributed by atoms with Gasteiger partial charge in [-0.3, -0.25) is 4.79 Å². The number of benzene rings is 1. The number of hydrogen-bond acceptors (Lipinski definition) is 2. The summed E-state index contributed by atoms with van der Waals surface area (Å²) in [6.45, 7) is 0. The third-order valence-corrected chi connectivity index (χ3v) is 4.06. The number of aliphatic hydroxyl groups excluding tert-OH is 1. The molecule has 1 fully saturated rings. The molecular weight excluding hydrogens is 264 g/mol. The van der Waals surface area contributed by atoms with E-state index in [1.165, 1.54) is 0 Å². The molecule has 1 amide bonds. The summed E-state index contributed by atoms with van der Waals surface area (Å²) in [4.78, 5) is 12.3. The van der Waals surface area contributed by atoms with Crippen LogP contribution >= 0.6 is 0 Å². The number of carbonyl (C=O) groups excluding carboxylic acids is 1. The molecule has 2 aromatic rings. The van der Waals surface area contributed by atoms with Crippen molar-refractivity contribution in [3.05, 3.63) is 54.4 Å². The van der Waals surface area contributed by atoms with E-state index in [2.05, 4.69) is 5.32 Å². The van der Waals surface area contributed by atoms with Gasteiger partial charge in [-0.05, 0) is 43.2 Å². The third-order valence-electron chi connectivity index (χ3n) is 4.06. The maximum atomic E-state index is 12.3. The lowest BCUT2D eigenvalue weighted by Crippen LogP contribution is -2.45. The van der Waals surface area contributed by atoms with Crippen LogP contribution in [-0.4, -0.2) is 27.7 Å². The van der Waals surface area contributed by atoms with Gasteiger partial charge in [0.15, 0.2) is 0 Å². The molecule has 0 bridgehead atoms. The van der Waals surface area contributed by atoms with Gasteiger partial charge in [0.2, 0.25) is 0 Å².